The van der Waals surface area contributed by atoms with E-state index in [1.807, 2.05) is 40.0 Å². The maximum atomic E-state index is 4.33. The Labute approximate surface area is 110 Å². The van der Waals surface area contributed by atoms with Gasteiger partial charge < -0.3 is 0 Å². The zero-order chi connectivity index (χ0) is 13.5. The molecule has 0 spiro atoms. The number of rotatable bonds is 0. The molecule has 2 rings (SSSR count). The highest BCUT2D eigenvalue weighted by molar-refractivity contribution is 7.16. The van der Waals surface area contributed by atoms with Crippen molar-refractivity contribution < 1.29 is 0 Å². The largest absolute Gasteiger partial charge is 0.245 e. The number of hydrogen-bond donors (Lipinski definition) is 0. The van der Waals surface area contributed by atoms with E-state index in [0.29, 0.717) is 0 Å². The summed E-state index contributed by atoms with van der Waals surface area (Å²) in [5.41, 5.74) is 1.63. The molecule has 17 heavy (non-hydrogen) atoms. The molecule has 2 heteroatoms. The van der Waals surface area contributed by atoms with Crippen molar-refractivity contribution in [2.75, 3.05) is 0 Å². The number of nitrogens with zero attached hydrogens (tertiary/aromatic N) is 1. The highest BCUT2D eigenvalue weighted by Crippen LogP contribution is 2.33. The van der Waals surface area contributed by atoms with Crippen molar-refractivity contribution in [2.45, 2.75) is 53.9 Å². The molecule has 0 N–H and O–H groups in total. The first-order chi connectivity index (χ1) is 8.09. The van der Waals surface area contributed by atoms with E-state index in [-0.39, 0.29) is 5.41 Å². The quantitative estimate of drug-likeness (QED) is 0.590. The predicted octanol–water partition coefficient (Wildman–Crippen LogP) is 5.65. The lowest BCUT2D eigenvalue weighted by molar-refractivity contribution is 0.598. The third-order valence-corrected chi connectivity index (χ3v) is 3.06. The van der Waals surface area contributed by atoms with Gasteiger partial charge in [0.25, 0.3) is 0 Å². The second-order valence-corrected chi connectivity index (χ2v) is 5.11. The van der Waals surface area contributed by atoms with Gasteiger partial charge in [-0.3, -0.25) is 0 Å². The van der Waals surface area contributed by atoms with Crippen LogP contribution in [0.25, 0.3) is 10.2 Å². The van der Waals surface area contributed by atoms with E-state index < -0.39 is 0 Å². The Morgan fingerprint density at radius 3 is 2.18 bits per heavy atom. The van der Waals surface area contributed by atoms with E-state index in [1.54, 1.807) is 11.3 Å². The van der Waals surface area contributed by atoms with Crippen molar-refractivity contribution in [1.29, 1.82) is 0 Å². The van der Waals surface area contributed by atoms with Crippen LogP contribution in [0, 0.1) is 0 Å². The Morgan fingerprint density at radius 2 is 1.65 bits per heavy atom. The van der Waals surface area contributed by atoms with E-state index in [1.165, 1.54) is 10.9 Å². The summed E-state index contributed by atoms with van der Waals surface area (Å²) < 4.78 is 0. The Kier molecular flexibility index (Phi) is 7.05. The fourth-order valence-electron chi connectivity index (χ4n) is 1.45. The van der Waals surface area contributed by atoms with Crippen LogP contribution >= 0.6 is 11.3 Å². The molecule has 0 aromatic carbocycles. The Hall–Kier alpha value is -0.890. The third kappa shape index (κ3) is 4.12. The molecule has 0 bridgehead atoms. The molecule has 0 aliphatic heterocycles. The predicted molar refractivity (Wildman–Crippen MR) is 81.0 cm³/mol. The lowest BCUT2D eigenvalue weighted by Gasteiger charge is -2.17. The van der Waals surface area contributed by atoms with Gasteiger partial charge in [0.05, 0.1) is 0 Å². The minimum absolute atomic E-state index is 0.223. The molecule has 2 aromatic rings. The van der Waals surface area contributed by atoms with Crippen LogP contribution in [0.4, 0.5) is 0 Å². The molecule has 2 aromatic heterocycles. The molecule has 0 aliphatic rings. The van der Waals surface area contributed by atoms with Gasteiger partial charge in [0.1, 0.15) is 4.83 Å². The molecule has 0 saturated heterocycles. The van der Waals surface area contributed by atoms with E-state index in [0.717, 1.165) is 4.83 Å². The van der Waals surface area contributed by atoms with Crippen LogP contribution in [0.15, 0.2) is 23.7 Å². The van der Waals surface area contributed by atoms with Crippen LogP contribution in [0.5, 0.6) is 0 Å². The molecular weight excluding hydrogens is 226 g/mol. The number of hydrogen-bond acceptors (Lipinski definition) is 2. The van der Waals surface area contributed by atoms with Crippen molar-refractivity contribution in [3.05, 3.63) is 29.3 Å². The van der Waals surface area contributed by atoms with Gasteiger partial charge in [-0.2, -0.15) is 0 Å². The van der Waals surface area contributed by atoms with Gasteiger partial charge in [-0.15, -0.1) is 11.3 Å². The van der Waals surface area contributed by atoms with E-state index in [9.17, 15) is 0 Å². The van der Waals surface area contributed by atoms with Crippen LogP contribution in [-0.4, -0.2) is 4.98 Å². The van der Waals surface area contributed by atoms with Crippen molar-refractivity contribution in [3.8, 4) is 0 Å². The maximum Gasteiger partial charge on any atom is 0.123 e. The van der Waals surface area contributed by atoms with Crippen molar-refractivity contribution in [3.63, 3.8) is 0 Å². The lowest BCUT2D eigenvalue weighted by atomic mass is 9.87. The van der Waals surface area contributed by atoms with Crippen molar-refractivity contribution in [2.24, 2.45) is 0 Å². The molecule has 0 atom stereocenters. The standard InChI is InChI=1S/C11H13NS.2C2H6/c1-11(2,3)9-7-13-10-8(9)5-4-6-12-10;2*1-2/h4-7H,1-3H3;2*1-2H3. The van der Waals surface area contributed by atoms with E-state index in [4.69, 9.17) is 0 Å². The highest BCUT2D eigenvalue weighted by Gasteiger charge is 2.17. The van der Waals surface area contributed by atoms with Gasteiger partial charge in [0.15, 0.2) is 0 Å². The van der Waals surface area contributed by atoms with Gasteiger partial charge in [0, 0.05) is 11.6 Å². The normalized spacial score (nSPS) is 10.1. The number of pyridine rings is 1. The molecule has 0 radical (unpaired) electrons. The first-order valence-electron chi connectivity index (χ1n) is 6.42. The van der Waals surface area contributed by atoms with Crippen molar-refractivity contribution in [1.82, 2.24) is 4.98 Å². The molecule has 0 saturated carbocycles. The Morgan fingerprint density at radius 1 is 1.06 bits per heavy atom. The molecule has 0 unspecified atom stereocenters. The maximum absolute atomic E-state index is 4.33. The zero-order valence-electron chi connectivity index (χ0n) is 12.2. The van der Waals surface area contributed by atoms with Crippen LogP contribution in [0.3, 0.4) is 0 Å². The number of aromatic nitrogens is 1. The van der Waals surface area contributed by atoms with E-state index in [2.05, 4.69) is 37.2 Å². The minimum Gasteiger partial charge on any atom is -0.245 e. The smallest absolute Gasteiger partial charge is 0.123 e. The second-order valence-electron chi connectivity index (χ2n) is 4.26. The molecular formula is C15H25NS. The molecule has 1 nitrogen and oxygen atoms in total. The Balaban J connectivity index is 0.000000581. The fourth-order valence-corrected chi connectivity index (χ4v) is 2.59. The van der Waals surface area contributed by atoms with Gasteiger partial charge in [-0.1, -0.05) is 54.5 Å². The highest BCUT2D eigenvalue weighted by atomic mass is 32.1. The monoisotopic (exact) mass is 251 g/mol. The Bertz CT molecular complexity index is 424. The van der Waals surface area contributed by atoms with Crippen LogP contribution in [0.2, 0.25) is 0 Å². The first-order valence-corrected chi connectivity index (χ1v) is 7.30. The summed E-state index contributed by atoms with van der Waals surface area (Å²) in [6.45, 7) is 14.7. The molecule has 0 fully saturated rings. The average Bonchev–Trinajstić information content (AvgIpc) is 2.77. The average molecular weight is 251 g/mol. The summed E-state index contributed by atoms with van der Waals surface area (Å²) in [6.07, 6.45) is 1.85. The van der Waals surface area contributed by atoms with Crippen LogP contribution < -0.4 is 0 Å². The van der Waals surface area contributed by atoms with Crippen molar-refractivity contribution >= 4 is 21.6 Å². The SMILES string of the molecule is CC.CC.CC(C)(C)c1csc2ncccc12. The topological polar surface area (TPSA) is 12.9 Å². The van der Waals surface area contributed by atoms with Crippen LogP contribution in [0.1, 0.15) is 54.0 Å². The van der Waals surface area contributed by atoms with E-state index >= 15 is 0 Å². The number of fused-ring (bicyclic) bond motifs is 1. The first kappa shape index (κ1) is 16.1. The minimum atomic E-state index is 0.223. The summed E-state index contributed by atoms with van der Waals surface area (Å²) in [4.78, 5) is 5.48. The molecule has 0 amide bonds. The molecule has 96 valence electrons. The second kappa shape index (κ2) is 7.44. The summed E-state index contributed by atoms with van der Waals surface area (Å²) in [7, 11) is 0. The summed E-state index contributed by atoms with van der Waals surface area (Å²) in [5, 5.41) is 3.53. The molecule has 0 aliphatic carbocycles. The number of thiophene rings is 1. The third-order valence-electron chi connectivity index (χ3n) is 2.16. The van der Waals surface area contributed by atoms with Gasteiger partial charge in [0.2, 0.25) is 0 Å². The van der Waals surface area contributed by atoms with Crippen LogP contribution in [-0.2, 0) is 5.41 Å². The zero-order valence-corrected chi connectivity index (χ0v) is 13.0. The fraction of sp³-hybridized carbons (Fsp3) is 0.533. The summed E-state index contributed by atoms with van der Waals surface area (Å²) in [5.74, 6) is 0. The van der Waals surface area contributed by atoms with Gasteiger partial charge in [-0.25, -0.2) is 4.98 Å². The molecule has 2 heterocycles. The lowest BCUT2D eigenvalue weighted by Crippen LogP contribution is -2.09. The van der Waals surface area contributed by atoms with Gasteiger partial charge >= 0.3 is 0 Å². The van der Waals surface area contributed by atoms with Gasteiger partial charge in [-0.05, 0) is 22.4 Å². The summed E-state index contributed by atoms with van der Waals surface area (Å²) in [6, 6.07) is 4.16. The summed E-state index contributed by atoms with van der Waals surface area (Å²) >= 11 is 1.73.